The molecule has 1 aromatic carbocycles. The second kappa shape index (κ2) is 7.98. The fourth-order valence-corrected chi connectivity index (χ4v) is 4.61. The molecule has 2 atom stereocenters. The van der Waals surface area contributed by atoms with Crippen LogP contribution in [-0.2, 0) is 24.2 Å². The number of hydrogen-bond acceptors (Lipinski definition) is 6. The van der Waals surface area contributed by atoms with Gasteiger partial charge >= 0.3 is 5.97 Å². The number of carbonyl (C=O) groups is 2. The lowest BCUT2D eigenvalue weighted by Gasteiger charge is -2.16. The predicted octanol–water partition coefficient (Wildman–Crippen LogP) is 1.15. The molecule has 0 saturated carbocycles. The van der Waals surface area contributed by atoms with E-state index in [1.165, 1.54) is 13.0 Å². The lowest BCUT2D eigenvalue weighted by molar-refractivity contribution is -0.152. The maximum atomic E-state index is 13.4. The number of carbonyl (C=O) groups excluding carboxylic acids is 2. The molecule has 0 aromatic heterocycles. The molecular weight excluding hydrogens is 357 g/mol. The van der Waals surface area contributed by atoms with Gasteiger partial charge in [0.1, 0.15) is 5.82 Å². The van der Waals surface area contributed by atoms with Crippen LogP contribution in [0.3, 0.4) is 0 Å². The van der Waals surface area contributed by atoms with Crippen molar-refractivity contribution in [2.24, 2.45) is 0 Å². The number of amides is 1. The summed E-state index contributed by atoms with van der Waals surface area (Å²) < 4.78 is 41.1. The number of halogens is 1. The maximum absolute atomic E-state index is 13.4. The van der Waals surface area contributed by atoms with E-state index in [4.69, 9.17) is 4.74 Å². The number of ether oxygens (including phenoxy) is 1. The number of hydrogen-bond donors (Lipinski definition) is 1. The molecule has 0 aliphatic carbocycles. The molecule has 6 nitrogen and oxygen atoms in total. The van der Waals surface area contributed by atoms with Crippen LogP contribution in [-0.4, -0.2) is 49.7 Å². The molecule has 1 aliphatic rings. The number of rotatable bonds is 6. The molecule has 1 amide bonds. The van der Waals surface area contributed by atoms with Crippen molar-refractivity contribution in [2.45, 2.75) is 30.4 Å². The van der Waals surface area contributed by atoms with E-state index in [1.54, 1.807) is 18.2 Å². The monoisotopic (exact) mass is 375 g/mol. The van der Waals surface area contributed by atoms with Crippen LogP contribution in [0.15, 0.2) is 29.2 Å². The molecule has 1 aromatic rings. The molecule has 2 rings (SSSR count). The van der Waals surface area contributed by atoms with Gasteiger partial charge in [0.15, 0.2) is 15.9 Å². The van der Waals surface area contributed by atoms with Crippen LogP contribution in [0.2, 0.25) is 0 Å². The minimum absolute atomic E-state index is 0.0470. The molecule has 9 heteroatoms. The SMILES string of the molecule is C[C@@H](OC(=O)CSc1ccccc1F)C(=O)N[C@@H]1CCS(=O)(=O)C1. The zero-order valence-corrected chi connectivity index (χ0v) is 14.7. The summed E-state index contributed by atoms with van der Waals surface area (Å²) >= 11 is 0.981. The minimum atomic E-state index is -3.09. The molecule has 0 radical (unpaired) electrons. The van der Waals surface area contributed by atoms with Gasteiger partial charge in [-0.25, -0.2) is 12.8 Å². The third kappa shape index (κ3) is 5.48. The van der Waals surface area contributed by atoms with Crippen molar-refractivity contribution in [3.63, 3.8) is 0 Å². The Morgan fingerprint density at radius 2 is 2.12 bits per heavy atom. The second-order valence-electron chi connectivity index (χ2n) is 5.46. The Hall–Kier alpha value is -1.61. The van der Waals surface area contributed by atoms with E-state index in [0.717, 1.165) is 11.8 Å². The lowest BCUT2D eigenvalue weighted by Crippen LogP contribution is -2.42. The average molecular weight is 375 g/mol. The highest BCUT2D eigenvalue weighted by molar-refractivity contribution is 8.00. The summed E-state index contributed by atoms with van der Waals surface area (Å²) in [5.74, 6) is -1.79. The van der Waals surface area contributed by atoms with Crippen molar-refractivity contribution in [3.05, 3.63) is 30.1 Å². The van der Waals surface area contributed by atoms with Gasteiger partial charge in [0.2, 0.25) is 0 Å². The highest BCUT2D eigenvalue weighted by Crippen LogP contribution is 2.21. The molecule has 24 heavy (non-hydrogen) atoms. The standard InChI is InChI=1S/C15H18FNO5S2/c1-10(15(19)17-11-6-7-24(20,21)9-11)22-14(18)8-23-13-5-3-2-4-12(13)16/h2-5,10-11H,6-9H2,1H3,(H,17,19)/t10-,11-/m1/s1. The Kier molecular flexibility index (Phi) is 6.22. The van der Waals surface area contributed by atoms with E-state index in [9.17, 15) is 22.4 Å². The van der Waals surface area contributed by atoms with Crippen LogP contribution in [0.1, 0.15) is 13.3 Å². The maximum Gasteiger partial charge on any atom is 0.317 e. The Labute approximate surface area is 144 Å². The highest BCUT2D eigenvalue weighted by atomic mass is 32.2. The van der Waals surface area contributed by atoms with Crippen LogP contribution in [0.25, 0.3) is 0 Å². The first kappa shape index (κ1) is 18.7. The summed E-state index contributed by atoms with van der Waals surface area (Å²) in [6.45, 7) is 1.41. The van der Waals surface area contributed by atoms with Crippen molar-refractivity contribution in [1.29, 1.82) is 0 Å². The first-order chi connectivity index (χ1) is 11.3. The van der Waals surface area contributed by atoms with Crippen molar-refractivity contribution < 1.29 is 27.1 Å². The number of thioether (sulfide) groups is 1. The zero-order chi connectivity index (χ0) is 17.7. The molecule has 0 bridgehead atoms. The van der Waals surface area contributed by atoms with Crippen molar-refractivity contribution in [1.82, 2.24) is 5.32 Å². The van der Waals surface area contributed by atoms with Gasteiger partial charge in [-0.1, -0.05) is 12.1 Å². The van der Waals surface area contributed by atoms with Gasteiger partial charge in [-0.05, 0) is 25.5 Å². The number of nitrogens with one attached hydrogen (secondary N) is 1. The van der Waals surface area contributed by atoms with Gasteiger partial charge in [-0.2, -0.15) is 0 Å². The largest absolute Gasteiger partial charge is 0.452 e. The second-order valence-corrected chi connectivity index (χ2v) is 8.71. The summed E-state index contributed by atoms with van der Waals surface area (Å²) in [4.78, 5) is 24.0. The van der Waals surface area contributed by atoms with Crippen LogP contribution in [0, 0.1) is 5.82 Å². The number of esters is 1. The Morgan fingerprint density at radius 3 is 2.75 bits per heavy atom. The van der Waals surface area contributed by atoms with E-state index in [0.29, 0.717) is 11.3 Å². The fourth-order valence-electron chi connectivity index (χ4n) is 2.21. The third-order valence-corrected chi connectivity index (χ3v) is 6.23. The Bertz CT molecular complexity index is 722. The third-order valence-electron chi connectivity index (χ3n) is 3.44. The lowest BCUT2D eigenvalue weighted by atomic mass is 10.2. The van der Waals surface area contributed by atoms with Crippen LogP contribution in [0.4, 0.5) is 4.39 Å². The predicted molar refractivity (Wildman–Crippen MR) is 87.9 cm³/mol. The van der Waals surface area contributed by atoms with E-state index in [-0.39, 0.29) is 17.3 Å². The molecule has 1 fully saturated rings. The van der Waals surface area contributed by atoms with E-state index >= 15 is 0 Å². The molecular formula is C15H18FNO5S2. The molecule has 1 heterocycles. The van der Waals surface area contributed by atoms with E-state index in [1.807, 2.05) is 0 Å². The van der Waals surface area contributed by atoms with Gasteiger partial charge in [0.05, 0.1) is 17.3 Å². The zero-order valence-electron chi connectivity index (χ0n) is 13.0. The van der Waals surface area contributed by atoms with Crippen molar-refractivity contribution >= 4 is 33.5 Å². The molecule has 0 spiro atoms. The van der Waals surface area contributed by atoms with Gasteiger partial charge in [-0.3, -0.25) is 9.59 Å². The average Bonchev–Trinajstić information content (AvgIpc) is 2.85. The smallest absolute Gasteiger partial charge is 0.317 e. The number of benzene rings is 1. The number of sulfone groups is 1. The van der Waals surface area contributed by atoms with Gasteiger partial charge in [-0.15, -0.1) is 11.8 Å². The van der Waals surface area contributed by atoms with E-state index in [2.05, 4.69) is 5.32 Å². The summed E-state index contributed by atoms with van der Waals surface area (Å²) in [6.07, 6.45) is -0.681. The summed E-state index contributed by atoms with van der Waals surface area (Å²) in [6, 6.07) is 5.59. The topological polar surface area (TPSA) is 89.5 Å². The van der Waals surface area contributed by atoms with Gasteiger partial charge < -0.3 is 10.1 Å². The van der Waals surface area contributed by atoms with Gasteiger partial charge in [0, 0.05) is 10.9 Å². The van der Waals surface area contributed by atoms with Crippen LogP contribution in [0.5, 0.6) is 0 Å². The molecule has 1 N–H and O–H groups in total. The van der Waals surface area contributed by atoms with Crippen LogP contribution < -0.4 is 5.32 Å². The normalized spacial score (nSPS) is 20.3. The van der Waals surface area contributed by atoms with Crippen molar-refractivity contribution in [3.8, 4) is 0 Å². The molecule has 1 aliphatic heterocycles. The quantitative estimate of drug-likeness (QED) is 0.593. The minimum Gasteiger partial charge on any atom is -0.452 e. The first-order valence-corrected chi connectivity index (χ1v) is 10.1. The summed E-state index contributed by atoms with van der Waals surface area (Å²) in [5.41, 5.74) is 0. The van der Waals surface area contributed by atoms with Crippen molar-refractivity contribution in [2.75, 3.05) is 17.3 Å². The first-order valence-electron chi connectivity index (χ1n) is 7.34. The van der Waals surface area contributed by atoms with Crippen LogP contribution >= 0.6 is 11.8 Å². The molecule has 132 valence electrons. The molecule has 1 saturated heterocycles. The van der Waals surface area contributed by atoms with Gasteiger partial charge in [0.25, 0.3) is 5.91 Å². The summed E-state index contributed by atoms with van der Waals surface area (Å²) in [7, 11) is -3.09. The highest BCUT2D eigenvalue weighted by Gasteiger charge is 2.30. The van der Waals surface area contributed by atoms with E-state index < -0.39 is 39.7 Å². The molecule has 0 unspecified atom stereocenters. The fraction of sp³-hybridized carbons (Fsp3) is 0.467. The Morgan fingerprint density at radius 1 is 1.42 bits per heavy atom. The summed E-state index contributed by atoms with van der Waals surface area (Å²) in [5, 5.41) is 2.56. The Balaban J connectivity index is 1.76.